The van der Waals surface area contributed by atoms with Gasteiger partial charge in [-0.1, -0.05) is 71.0 Å². The zero-order valence-corrected chi connectivity index (χ0v) is 24.3. The Kier molecular flexibility index (Phi) is 8.67. The van der Waals surface area contributed by atoms with Gasteiger partial charge < -0.3 is 14.6 Å². The number of aryl methyl sites for hydroxylation is 1. The lowest BCUT2D eigenvalue weighted by Gasteiger charge is -2.28. The fourth-order valence-electron chi connectivity index (χ4n) is 4.88. The first kappa shape index (κ1) is 28.9. The minimum atomic E-state index is -0.836. The zero-order valence-electron chi connectivity index (χ0n) is 24.3. The van der Waals surface area contributed by atoms with Gasteiger partial charge in [-0.3, -0.25) is 14.5 Å². The number of amides is 1. The molecule has 1 aliphatic rings. The van der Waals surface area contributed by atoms with Crippen molar-refractivity contribution in [3.05, 3.63) is 94.6 Å². The number of aliphatic hydroxyl groups excluding tert-OH is 1. The lowest BCUT2D eigenvalue weighted by molar-refractivity contribution is -0.132. The van der Waals surface area contributed by atoms with Crippen LogP contribution in [0.1, 0.15) is 75.8 Å². The average Bonchev–Trinajstić information content (AvgIpc) is 3.20. The van der Waals surface area contributed by atoms with Gasteiger partial charge in [0.05, 0.1) is 30.5 Å². The highest BCUT2D eigenvalue weighted by Gasteiger charge is 2.47. The predicted molar refractivity (Wildman–Crippen MR) is 159 cm³/mol. The van der Waals surface area contributed by atoms with Crippen molar-refractivity contribution >= 4 is 23.1 Å². The van der Waals surface area contributed by atoms with Crippen LogP contribution < -0.4 is 14.4 Å². The summed E-state index contributed by atoms with van der Waals surface area (Å²) in [5, 5.41) is 11.6. The van der Waals surface area contributed by atoms with Crippen LogP contribution in [-0.2, 0) is 15.0 Å². The van der Waals surface area contributed by atoms with E-state index in [1.807, 2.05) is 57.2 Å². The fourth-order valence-corrected chi connectivity index (χ4v) is 4.88. The number of hydrogen-bond acceptors (Lipinski definition) is 5. The lowest BCUT2D eigenvalue weighted by atomic mass is 9.85. The molecule has 210 valence electrons. The smallest absolute Gasteiger partial charge is 0.300 e. The van der Waals surface area contributed by atoms with Gasteiger partial charge in [-0.15, -0.1) is 0 Å². The molecule has 1 amide bonds. The van der Waals surface area contributed by atoms with Crippen LogP contribution in [0, 0.1) is 6.92 Å². The molecule has 0 aliphatic carbocycles. The molecule has 6 nitrogen and oxygen atoms in total. The van der Waals surface area contributed by atoms with Crippen molar-refractivity contribution in [3.63, 3.8) is 0 Å². The van der Waals surface area contributed by atoms with Crippen LogP contribution in [0.5, 0.6) is 11.5 Å². The van der Waals surface area contributed by atoms with E-state index in [0.717, 1.165) is 35.3 Å². The highest BCUT2D eigenvalue weighted by molar-refractivity contribution is 6.52. The van der Waals surface area contributed by atoms with Crippen LogP contribution in [0.25, 0.3) is 5.76 Å². The van der Waals surface area contributed by atoms with Crippen LogP contribution in [0.3, 0.4) is 0 Å². The molecule has 1 heterocycles. The standard InChI is InChI=1S/C34H39NO5/c1-7-19-39-27-18-15-24(21-22(27)3)31(36)29-30(23-13-16-25(17-14-23)34(4,5)6)35(33(38)32(29)37)26-11-9-10-12-28(26)40-20-8-2/h9-18,21,30,36H,7-8,19-20H2,1-6H3/b31-29-. The van der Waals surface area contributed by atoms with E-state index in [1.54, 1.807) is 30.3 Å². The van der Waals surface area contributed by atoms with Gasteiger partial charge in [-0.2, -0.15) is 0 Å². The van der Waals surface area contributed by atoms with Gasteiger partial charge in [0.1, 0.15) is 17.3 Å². The molecule has 1 atom stereocenters. The van der Waals surface area contributed by atoms with Gasteiger partial charge in [0, 0.05) is 5.56 Å². The van der Waals surface area contributed by atoms with Crippen molar-refractivity contribution in [3.8, 4) is 11.5 Å². The molecule has 4 rings (SSSR count). The molecule has 1 unspecified atom stereocenters. The van der Waals surface area contributed by atoms with Crippen molar-refractivity contribution in [1.82, 2.24) is 0 Å². The Labute approximate surface area is 237 Å². The Morgan fingerprint density at radius 1 is 0.875 bits per heavy atom. The fraction of sp³-hybridized carbons (Fsp3) is 0.353. The van der Waals surface area contributed by atoms with Gasteiger partial charge in [0.25, 0.3) is 11.7 Å². The van der Waals surface area contributed by atoms with Crippen molar-refractivity contribution < 1.29 is 24.2 Å². The van der Waals surface area contributed by atoms with Gasteiger partial charge in [0.15, 0.2) is 0 Å². The molecule has 40 heavy (non-hydrogen) atoms. The SMILES string of the molecule is CCCOc1ccc(/C(O)=C2/C(=O)C(=O)N(c3ccccc3OCCC)C2c2ccc(C(C)(C)C)cc2)cc1C. The van der Waals surface area contributed by atoms with E-state index in [1.165, 1.54) is 4.90 Å². The summed E-state index contributed by atoms with van der Waals surface area (Å²) in [5.41, 5.74) is 3.58. The molecule has 3 aromatic rings. The molecule has 1 aliphatic heterocycles. The molecule has 0 bridgehead atoms. The molecule has 3 aromatic carbocycles. The summed E-state index contributed by atoms with van der Waals surface area (Å²) in [7, 11) is 0. The number of Topliss-reactive ketones (excluding diaryl/α,β-unsaturated/α-hetero) is 1. The number of aliphatic hydroxyl groups is 1. The van der Waals surface area contributed by atoms with Crippen LogP contribution in [0.2, 0.25) is 0 Å². The van der Waals surface area contributed by atoms with Gasteiger partial charge in [-0.05, 0) is 72.2 Å². The molecule has 0 saturated carbocycles. The van der Waals surface area contributed by atoms with E-state index in [-0.39, 0.29) is 16.7 Å². The van der Waals surface area contributed by atoms with E-state index in [2.05, 4.69) is 20.8 Å². The van der Waals surface area contributed by atoms with Crippen LogP contribution >= 0.6 is 0 Å². The molecular weight excluding hydrogens is 502 g/mol. The quantitative estimate of drug-likeness (QED) is 0.172. The number of carbonyl (C=O) groups excluding carboxylic acids is 2. The number of carbonyl (C=O) groups is 2. The molecular formula is C34H39NO5. The van der Waals surface area contributed by atoms with Gasteiger partial charge in [0.2, 0.25) is 0 Å². The highest BCUT2D eigenvalue weighted by Crippen LogP contribution is 2.45. The normalized spacial score (nSPS) is 16.9. The summed E-state index contributed by atoms with van der Waals surface area (Å²) in [6.07, 6.45) is 1.67. The van der Waals surface area contributed by atoms with E-state index in [0.29, 0.717) is 30.2 Å². The second-order valence-corrected chi connectivity index (χ2v) is 11.2. The number of ether oxygens (including phenoxy) is 2. The number of nitrogens with zero attached hydrogens (tertiary/aromatic N) is 1. The van der Waals surface area contributed by atoms with Gasteiger partial charge >= 0.3 is 0 Å². The first-order valence-corrected chi connectivity index (χ1v) is 14.0. The predicted octanol–water partition coefficient (Wildman–Crippen LogP) is 7.50. The maximum absolute atomic E-state index is 13.7. The molecule has 6 heteroatoms. The summed E-state index contributed by atoms with van der Waals surface area (Å²) < 4.78 is 11.8. The number of para-hydroxylation sites is 2. The first-order chi connectivity index (χ1) is 19.1. The minimum absolute atomic E-state index is 0.0421. The summed E-state index contributed by atoms with van der Waals surface area (Å²) >= 11 is 0. The van der Waals surface area contributed by atoms with E-state index in [4.69, 9.17) is 9.47 Å². The number of ketones is 1. The summed E-state index contributed by atoms with van der Waals surface area (Å²) in [4.78, 5) is 28.8. The number of benzene rings is 3. The lowest BCUT2D eigenvalue weighted by Crippen LogP contribution is -2.30. The summed E-state index contributed by atoms with van der Waals surface area (Å²) in [6, 6.07) is 19.6. The summed E-state index contributed by atoms with van der Waals surface area (Å²) in [5.74, 6) is -0.441. The number of rotatable bonds is 9. The largest absolute Gasteiger partial charge is 0.507 e. The van der Waals surface area contributed by atoms with E-state index < -0.39 is 17.7 Å². The number of anilines is 1. The third-order valence-corrected chi connectivity index (χ3v) is 7.03. The molecule has 0 spiro atoms. The van der Waals surface area contributed by atoms with E-state index >= 15 is 0 Å². The first-order valence-electron chi connectivity index (χ1n) is 14.0. The third-order valence-electron chi connectivity index (χ3n) is 7.03. The minimum Gasteiger partial charge on any atom is -0.507 e. The second-order valence-electron chi connectivity index (χ2n) is 11.2. The Bertz CT molecular complexity index is 1410. The Morgan fingerprint density at radius 2 is 1.50 bits per heavy atom. The van der Waals surface area contributed by atoms with Crippen molar-refractivity contribution in [2.75, 3.05) is 18.1 Å². The monoisotopic (exact) mass is 541 g/mol. The zero-order chi connectivity index (χ0) is 29.0. The summed E-state index contributed by atoms with van der Waals surface area (Å²) in [6.45, 7) is 13.4. The Balaban J connectivity index is 1.90. The van der Waals surface area contributed by atoms with Crippen molar-refractivity contribution in [2.24, 2.45) is 0 Å². The Morgan fingerprint density at radius 3 is 2.10 bits per heavy atom. The molecule has 1 N–H and O–H groups in total. The van der Waals surface area contributed by atoms with Crippen molar-refractivity contribution in [1.29, 1.82) is 0 Å². The Hall–Kier alpha value is -4.06. The van der Waals surface area contributed by atoms with Crippen LogP contribution in [0.15, 0.2) is 72.3 Å². The second kappa shape index (κ2) is 12.0. The van der Waals surface area contributed by atoms with Gasteiger partial charge in [-0.25, -0.2) is 0 Å². The van der Waals surface area contributed by atoms with Crippen LogP contribution in [0.4, 0.5) is 5.69 Å². The molecule has 0 radical (unpaired) electrons. The maximum atomic E-state index is 13.7. The van der Waals surface area contributed by atoms with Crippen molar-refractivity contribution in [2.45, 2.75) is 65.8 Å². The van der Waals surface area contributed by atoms with E-state index in [9.17, 15) is 14.7 Å². The highest BCUT2D eigenvalue weighted by atomic mass is 16.5. The average molecular weight is 542 g/mol. The molecule has 0 aromatic heterocycles. The topological polar surface area (TPSA) is 76.1 Å². The molecule has 1 saturated heterocycles. The number of hydrogen-bond donors (Lipinski definition) is 1. The maximum Gasteiger partial charge on any atom is 0.300 e. The third kappa shape index (κ3) is 5.76. The molecule has 1 fully saturated rings. The van der Waals surface area contributed by atoms with Crippen LogP contribution in [-0.4, -0.2) is 30.0 Å².